The smallest absolute Gasteiger partial charge is 0.416 e. The Bertz CT molecular complexity index is 966. The fraction of sp³-hybridized carbons (Fsp3) is 0.100. The van der Waals surface area contributed by atoms with Crippen molar-refractivity contribution in [1.29, 1.82) is 0 Å². The standard InChI is InChI=1S/C20H16F3N3O2/c21-20(22,23)15-6-4-5-14(11-15)18-10-9-17(28-18)12-25-26-19(27)13-24-16-7-2-1-3-8-16/h1-12,24H,13H2,(H,26,27)/b25-12+. The highest BCUT2D eigenvalue weighted by molar-refractivity contribution is 5.83. The Labute approximate surface area is 158 Å². The number of benzene rings is 2. The van der Waals surface area contributed by atoms with Crippen LogP contribution in [0.25, 0.3) is 11.3 Å². The molecule has 8 heteroatoms. The number of carbonyl (C=O) groups excluding carboxylic acids is 1. The number of nitrogens with one attached hydrogen (secondary N) is 2. The lowest BCUT2D eigenvalue weighted by atomic mass is 10.1. The van der Waals surface area contributed by atoms with Crippen LogP contribution in [0.2, 0.25) is 0 Å². The molecule has 28 heavy (non-hydrogen) atoms. The first kappa shape index (κ1) is 19.2. The Morgan fingerprint density at radius 2 is 1.82 bits per heavy atom. The predicted octanol–water partition coefficient (Wildman–Crippen LogP) is 4.53. The Morgan fingerprint density at radius 3 is 2.57 bits per heavy atom. The second-order valence-corrected chi connectivity index (χ2v) is 5.79. The van der Waals surface area contributed by atoms with Gasteiger partial charge in [0.25, 0.3) is 5.91 Å². The van der Waals surface area contributed by atoms with Crippen molar-refractivity contribution in [2.45, 2.75) is 6.18 Å². The molecular formula is C20H16F3N3O2. The zero-order chi connectivity index (χ0) is 20.0. The molecule has 0 spiro atoms. The molecule has 1 aromatic heterocycles. The molecule has 3 aromatic rings. The Kier molecular flexibility index (Phi) is 5.78. The number of anilines is 1. The summed E-state index contributed by atoms with van der Waals surface area (Å²) in [7, 11) is 0. The van der Waals surface area contributed by atoms with Crippen molar-refractivity contribution < 1.29 is 22.4 Å². The van der Waals surface area contributed by atoms with Gasteiger partial charge < -0.3 is 9.73 Å². The number of halogens is 3. The van der Waals surface area contributed by atoms with Gasteiger partial charge in [-0.15, -0.1) is 0 Å². The van der Waals surface area contributed by atoms with Crippen molar-refractivity contribution in [3.05, 3.63) is 78.1 Å². The summed E-state index contributed by atoms with van der Waals surface area (Å²) < 4.78 is 43.9. The fourth-order valence-corrected chi connectivity index (χ4v) is 2.37. The van der Waals surface area contributed by atoms with Crippen LogP contribution in [0.4, 0.5) is 18.9 Å². The molecule has 0 unspecified atom stereocenters. The highest BCUT2D eigenvalue weighted by Gasteiger charge is 2.30. The predicted molar refractivity (Wildman–Crippen MR) is 99.8 cm³/mol. The first-order valence-corrected chi connectivity index (χ1v) is 8.30. The van der Waals surface area contributed by atoms with E-state index in [0.717, 1.165) is 17.8 Å². The summed E-state index contributed by atoms with van der Waals surface area (Å²) in [4.78, 5) is 11.7. The summed E-state index contributed by atoms with van der Waals surface area (Å²) in [5, 5.41) is 6.71. The summed E-state index contributed by atoms with van der Waals surface area (Å²) >= 11 is 0. The minimum atomic E-state index is -4.43. The van der Waals surface area contributed by atoms with E-state index < -0.39 is 11.7 Å². The number of hydrazone groups is 1. The molecule has 5 nitrogen and oxygen atoms in total. The minimum Gasteiger partial charge on any atom is -0.455 e. The van der Waals surface area contributed by atoms with Crippen LogP contribution in [0.3, 0.4) is 0 Å². The topological polar surface area (TPSA) is 66.6 Å². The van der Waals surface area contributed by atoms with E-state index in [9.17, 15) is 18.0 Å². The average Bonchev–Trinajstić information content (AvgIpc) is 3.16. The number of carbonyl (C=O) groups is 1. The van der Waals surface area contributed by atoms with E-state index in [-0.39, 0.29) is 18.2 Å². The van der Waals surface area contributed by atoms with Crippen molar-refractivity contribution in [3.63, 3.8) is 0 Å². The molecule has 0 fully saturated rings. The molecule has 1 amide bonds. The second-order valence-electron chi connectivity index (χ2n) is 5.79. The van der Waals surface area contributed by atoms with Gasteiger partial charge in [0.15, 0.2) is 0 Å². The lowest BCUT2D eigenvalue weighted by molar-refractivity contribution is -0.137. The van der Waals surface area contributed by atoms with Crippen LogP contribution in [0.1, 0.15) is 11.3 Å². The van der Waals surface area contributed by atoms with Gasteiger partial charge in [-0.25, -0.2) is 5.43 Å². The van der Waals surface area contributed by atoms with Crippen molar-refractivity contribution in [2.24, 2.45) is 5.10 Å². The first-order chi connectivity index (χ1) is 13.4. The third kappa shape index (κ3) is 5.23. The van der Waals surface area contributed by atoms with Crippen molar-refractivity contribution in [2.75, 3.05) is 11.9 Å². The van der Waals surface area contributed by atoms with Gasteiger partial charge in [0.2, 0.25) is 0 Å². The van der Waals surface area contributed by atoms with Gasteiger partial charge in [0, 0.05) is 11.3 Å². The van der Waals surface area contributed by atoms with Gasteiger partial charge in [-0.2, -0.15) is 18.3 Å². The maximum Gasteiger partial charge on any atom is 0.416 e. The third-order valence-corrected chi connectivity index (χ3v) is 3.71. The lowest BCUT2D eigenvalue weighted by Crippen LogP contribution is -2.25. The molecule has 0 atom stereocenters. The third-order valence-electron chi connectivity index (χ3n) is 3.71. The van der Waals surface area contributed by atoms with Crippen LogP contribution in [0, 0.1) is 0 Å². The van der Waals surface area contributed by atoms with E-state index in [1.54, 1.807) is 6.07 Å². The Balaban J connectivity index is 1.56. The minimum absolute atomic E-state index is 0.0367. The molecule has 3 rings (SSSR count). The number of amides is 1. The molecule has 144 valence electrons. The summed E-state index contributed by atoms with van der Waals surface area (Å²) in [6.07, 6.45) is -3.15. The Hall–Kier alpha value is -3.55. The monoisotopic (exact) mass is 387 g/mol. The first-order valence-electron chi connectivity index (χ1n) is 8.30. The van der Waals surface area contributed by atoms with Gasteiger partial charge in [-0.05, 0) is 36.4 Å². The SMILES string of the molecule is O=C(CNc1ccccc1)N/N=C/c1ccc(-c2cccc(C(F)(F)F)c2)o1. The average molecular weight is 387 g/mol. The summed E-state index contributed by atoms with van der Waals surface area (Å²) in [6, 6.07) is 17.1. The van der Waals surface area contributed by atoms with E-state index in [0.29, 0.717) is 11.3 Å². The number of nitrogens with zero attached hydrogens (tertiary/aromatic N) is 1. The highest BCUT2D eigenvalue weighted by Crippen LogP contribution is 2.32. The van der Waals surface area contributed by atoms with Crippen LogP contribution in [-0.4, -0.2) is 18.7 Å². The van der Waals surface area contributed by atoms with Crippen molar-refractivity contribution in [1.82, 2.24) is 5.43 Å². The molecule has 0 saturated heterocycles. The van der Waals surface area contributed by atoms with Gasteiger partial charge in [-0.1, -0.05) is 30.3 Å². The normalized spacial score (nSPS) is 11.5. The molecule has 2 N–H and O–H groups in total. The largest absolute Gasteiger partial charge is 0.455 e. The number of hydrogen-bond donors (Lipinski definition) is 2. The van der Waals surface area contributed by atoms with Crippen LogP contribution in [0.5, 0.6) is 0 Å². The Morgan fingerprint density at radius 1 is 1.04 bits per heavy atom. The van der Waals surface area contributed by atoms with Gasteiger partial charge in [-0.3, -0.25) is 4.79 Å². The highest BCUT2D eigenvalue weighted by atomic mass is 19.4. The molecule has 0 aliphatic carbocycles. The zero-order valence-corrected chi connectivity index (χ0v) is 14.5. The number of alkyl halides is 3. The second kappa shape index (κ2) is 8.43. The van der Waals surface area contributed by atoms with E-state index in [1.807, 2.05) is 30.3 Å². The molecule has 0 aliphatic rings. The van der Waals surface area contributed by atoms with Gasteiger partial charge >= 0.3 is 6.18 Å². The van der Waals surface area contributed by atoms with Crippen molar-refractivity contribution >= 4 is 17.8 Å². The lowest BCUT2D eigenvalue weighted by Gasteiger charge is -2.07. The molecule has 0 bridgehead atoms. The van der Waals surface area contributed by atoms with E-state index in [1.165, 1.54) is 24.4 Å². The molecule has 1 heterocycles. The summed E-state index contributed by atoms with van der Waals surface area (Å²) in [6.45, 7) is 0.0367. The number of rotatable bonds is 6. The number of hydrogen-bond acceptors (Lipinski definition) is 4. The van der Waals surface area contributed by atoms with E-state index >= 15 is 0 Å². The zero-order valence-electron chi connectivity index (χ0n) is 14.5. The van der Waals surface area contributed by atoms with Crippen LogP contribution in [-0.2, 0) is 11.0 Å². The molecule has 0 aliphatic heterocycles. The van der Waals surface area contributed by atoms with Crippen molar-refractivity contribution in [3.8, 4) is 11.3 Å². The van der Waals surface area contributed by atoms with Crippen LogP contribution < -0.4 is 10.7 Å². The quantitative estimate of drug-likeness (QED) is 0.483. The molecule has 2 aromatic carbocycles. The van der Waals surface area contributed by atoms with E-state index in [2.05, 4.69) is 15.8 Å². The fourth-order valence-electron chi connectivity index (χ4n) is 2.37. The van der Waals surface area contributed by atoms with Gasteiger partial charge in [0.1, 0.15) is 11.5 Å². The summed E-state index contributed by atoms with van der Waals surface area (Å²) in [5.74, 6) is 0.207. The molecule has 0 saturated carbocycles. The number of furan rings is 1. The number of para-hydroxylation sites is 1. The van der Waals surface area contributed by atoms with E-state index in [4.69, 9.17) is 4.42 Å². The van der Waals surface area contributed by atoms with Crippen LogP contribution in [0.15, 0.2) is 76.2 Å². The van der Waals surface area contributed by atoms with Crippen LogP contribution >= 0.6 is 0 Å². The molecular weight excluding hydrogens is 371 g/mol. The summed E-state index contributed by atoms with van der Waals surface area (Å²) in [5.41, 5.74) is 2.68. The van der Waals surface area contributed by atoms with Gasteiger partial charge in [0.05, 0.1) is 18.3 Å². The maximum absolute atomic E-state index is 12.8. The maximum atomic E-state index is 12.8. The molecule has 0 radical (unpaired) electrons.